The summed E-state index contributed by atoms with van der Waals surface area (Å²) >= 11 is 3.55. The molecule has 3 nitrogen and oxygen atoms in total. The van der Waals surface area contributed by atoms with Gasteiger partial charge in [-0.2, -0.15) is 0 Å². The van der Waals surface area contributed by atoms with Crippen molar-refractivity contribution in [2.45, 2.75) is 44.2 Å². The number of ether oxygens (including phenoxy) is 1. The molecule has 20 heavy (non-hydrogen) atoms. The average Bonchev–Trinajstić information content (AvgIpc) is 2.48. The van der Waals surface area contributed by atoms with Crippen LogP contribution >= 0.6 is 15.9 Å². The smallest absolute Gasteiger partial charge is 0.124 e. The fourth-order valence-electron chi connectivity index (χ4n) is 3.44. The first kappa shape index (κ1) is 14.4. The maximum absolute atomic E-state index is 9.56. The molecule has 0 bridgehead atoms. The molecule has 0 spiro atoms. The predicted octanol–water partition coefficient (Wildman–Crippen LogP) is 3.41. The van der Waals surface area contributed by atoms with Crippen molar-refractivity contribution in [2.75, 3.05) is 13.2 Å². The lowest BCUT2D eigenvalue weighted by molar-refractivity contribution is 0.137. The number of hydrogen-bond donors (Lipinski definition) is 2. The van der Waals surface area contributed by atoms with Crippen LogP contribution in [0.4, 0.5) is 0 Å². The zero-order valence-corrected chi connectivity index (χ0v) is 13.2. The Labute approximate surface area is 128 Å². The molecule has 0 radical (unpaired) electrons. The maximum atomic E-state index is 9.56. The summed E-state index contributed by atoms with van der Waals surface area (Å²) in [5, 5.41) is 13.3. The quantitative estimate of drug-likeness (QED) is 0.886. The Morgan fingerprint density at radius 3 is 2.95 bits per heavy atom. The van der Waals surface area contributed by atoms with E-state index in [4.69, 9.17) is 4.74 Å². The fourth-order valence-corrected chi connectivity index (χ4v) is 3.82. The Kier molecular flexibility index (Phi) is 4.64. The van der Waals surface area contributed by atoms with Gasteiger partial charge in [0.25, 0.3) is 0 Å². The molecule has 1 heterocycles. The van der Waals surface area contributed by atoms with Gasteiger partial charge in [-0.3, -0.25) is 0 Å². The van der Waals surface area contributed by atoms with Crippen LogP contribution in [0.2, 0.25) is 0 Å². The van der Waals surface area contributed by atoms with Gasteiger partial charge in [-0.25, -0.2) is 0 Å². The topological polar surface area (TPSA) is 41.5 Å². The minimum absolute atomic E-state index is 0.298. The number of aliphatic hydroxyl groups excluding tert-OH is 1. The minimum Gasteiger partial charge on any atom is -0.493 e. The van der Waals surface area contributed by atoms with E-state index in [2.05, 4.69) is 27.3 Å². The van der Waals surface area contributed by atoms with Crippen molar-refractivity contribution in [1.82, 2.24) is 5.32 Å². The number of halogens is 1. The summed E-state index contributed by atoms with van der Waals surface area (Å²) in [6, 6.07) is 7.00. The van der Waals surface area contributed by atoms with Crippen molar-refractivity contribution in [2.24, 2.45) is 5.92 Å². The van der Waals surface area contributed by atoms with Gasteiger partial charge in [0, 0.05) is 35.1 Å². The van der Waals surface area contributed by atoms with Crippen molar-refractivity contribution in [3.05, 3.63) is 28.2 Å². The van der Waals surface area contributed by atoms with E-state index in [0.717, 1.165) is 29.7 Å². The molecule has 1 aromatic carbocycles. The van der Waals surface area contributed by atoms with Gasteiger partial charge in [-0.1, -0.05) is 28.8 Å². The first-order valence-electron chi connectivity index (χ1n) is 7.57. The summed E-state index contributed by atoms with van der Waals surface area (Å²) < 4.78 is 6.83. The van der Waals surface area contributed by atoms with Gasteiger partial charge in [0.15, 0.2) is 0 Å². The SMILES string of the molecule is OCC1CCCCC1NC1CCOc2ccc(Br)cc21. The van der Waals surface area contributed by atoms with Crippen molar-refractivity contribution in [3.63, 3.8) is 0 Å². The fraction of sp³-hybridized carbons (Fsp3) is 0.625. The lowest BCUT2D eigenvalue weighted by Crippen LogP contribution is -2.43. The molecule has 1 saturated carbocycles. The van der Waals surface area contributed by atoms with E-state index in [1.54, 1.807) is 0 Å². The molecular formula is C16H22BrNO2. The highest BCUT2D eigenvalue weighted by atomic mass is 79.9. The van der Waals surface area contributed by atoms with Crippen molar-refractivity contribution in [3.8, 4) is 5.75 Å². The molecule has 0 saturated heterocycles. The van der Waals surface area contributed by atoms with Gasteiger partial charge >= 0.3 is 0 Å². The minimum atomic E-state index is 0.298. The highest BCUT2D eigenvalue weighted by Crippen LogP contribution is 2.36. The molecular weight excluding hydrogens is 318 g/mol. The normalized spacial score (nSPS) is 29.6. The predicted molar refractivity (Wildman–Crippen MR) is 83.0 cm³/mol. The first-order valence-corrected chi connectivity index (χ1v) is 8.36. The second-order valence-corrected chi connectivity index (χ2v) is 6.79. The maximum Gasteiger partial charge on any atom is 0.124 e. The first-order chi connectivity index (χ1) is 9.78. The van der Waals surface area contributed by atoms with Gasteiger partial charge in [0.1, 0.15) is 5.75 Å². The third-order valence-electron chi connectivity index (χ3n) is 4.57. The van der Waals surface area contributed by atoms with E-state index in [0.29, 0.717) is 24.6 Å². The van der Waals surface area contributed by atoms with Crippen LogP contribution in [0.25, 0.3) is 0 Å². The summed E-state index contributed by atoms with van der Waals surface area (Å²) in [5.74, 6) is 1.40. The van der Waals surface area contributed by atoms with Gasteiger partial charge in [-0.05, 0) is 37.0 Å². The molecule has 3 atom stereocenters. The largest absolute Gasteiger partial charge is 0.493 e. The van der Waals surface area contributed by atoms with Crippen molar-refractivity contribution < 1.29 is 9.84 Å². The van der Waals surface area contributed by atoms with E-state index in [1.165, 1.54) is 24.8 Å². The number of hydrogen-bond acceptors (Lipinski definition) is 3. The van der Waals surface area contributed by atoms with Gasteiger partial charge < -0.3 is 15.2 Å². The molecule has 1 fully saturated rings. The molecule has 4 heteroatoms. The summed E-state index contributed by atoms with van der Waals surface area (Å²) in [5.41, 5.74) is 1.24. The Bertz CT molecular complexity index is 466. The zero-order valence-electron chi connectivity index (χ0n) is 11.6. The molecule has 110 valence electrons. The van der Waals surface area contributed by atoms with Crippen LogP contribution in [0.1, 0.15) is 43.7 Å². The van der Waals surface area contributed by atoms with Crippen LogP contribution in [0, 0.1) is 5.92 Å². The molecule has 1 aromatic rings. The number of benzene rings is 1. The highest BCUT2D eigenvalue weighted by molar-refractivity contribution is 9.10. The van der Waals surface area contributed by atoms with E-state index in [9.17, 15) is 5.11 Å². The van der Waals surface area contributed by atoms with Crippen LogP contribution in [0.5, 0.6) is 5.75 Å². The highest BCUT2D eigenvalue weighted by Gasteiger charge is 2.29. The van der Waals surface area contributed by atoms with Crippen LogP contribution in [-0.4, -0.2) is 24.4 Å². The molecule has 1 aliphatic carbocycles. The number of fused-ring (bicyclic) bond motifs is 1. The van der Waals surface area contributed by atoms with Gasteiger partial charge in [-0.15, -0.1) is 0 Å². The molecule has 0 amide bonds. The number of nitrogens with one attached hydrogen (secondary N) is 1. The summed E-state index contributed by atoms with van der Waals surface area (Å²) in [6.07, 6.45) is 5.83. The summed E-state index contributed by atoms with van der Waals surface area (Å²) in [6.45, 7) is 1.06. The number of rotatable bonds is 3. The average molecular weight is 340 g/mol. The Balaban J connectivity index is 1.76. The van der Waals surface area contributed by atoms with Gasteiger partial charge in [0.05, 0.1) is 6.61 Å². The molecule has 0 aromatic heterocycles. The van der Waals surface area contributed by atoms with E-state index in [1.807, 2.05) is 12.1 Å². The molecule has 2 aliphatic rings. The summed E-state index contributed by atoms with van der Waals surface area (Å²) in [7, 11) is 0. The zero-order chi connectivity index (χ0) is 13.9. The molecule has 3 rings (SSSR count). The monoisotopic (exact) mass is 339 g/mol. The Morgan fingerprint density at radius 1 is 1.25 bits per heavy atom. The van der Waals surface area contributed by atoms with Crippen LogP contribution in [-0.2, 0) is 0 Å². The second kappa shape index (κ2) is 6.46. The van der Waals surface area contributed by atoms with Crippen molar-refractivity contribution >= 4 is 15.9 Å². The third-order valence-corrected chi connectivity index (χ3v) is 5.06. The standard InChI is InChI=1S/C16H22BrNO2/c17-12-5-6-16-13(9-12)15(7-8-20-16)18-14-4-2-1-3-11(14)10-19/h5-6,9,11,14-15,18-19H,1-4,7-8,10H2. The molecule has 2 N–H and O–H groups in total. The van der Waals surface area contributed by atoms with Crippen LogP contribution in [0.15, 0.2) is 22.7 Å². The second-order valence-electron chi connectivity index (χ2n) is 5.87. The van der Waals surface area contributed by atoms with Crippen LogP contribution in [0.3, 0.4) is 0 Å². The van der Waals surface area contributed by atoms with Crippen molar-refractivity contribution in [1.29, 1.82) is 0 Å². The third kappa shape index (κ3) is 3.02. The summed E-state index contributed by atoms with van der Waals surface area (Å²) in [4.78, 5) is 0. The molecule has 1 aliphatic heterocycles. The van der Waals surface area contributed by atoms with Gasteiger partial charge in [0.2, 0.25) is 0 Å². The van der Waals surface area contributed by atoms with E-state index >= 15 is 0 Å². The van der Waals surface area contributed by atoms with E-state index in [-0.39, 0.29) is 0 Å². The lowest BCUT2D eigenvalue weighted by atomic mass is 9.84. The number of aliphatic hydroxyl groups is 1. The lowest BCUT2D eigenvalue weighted by Gasteiger charge is -2.36. The van der Waals surface area contributed by atoms with Crippen LogP contribution < -0.4 is 10.1 Å². The Morgan fingerprint density at radius 2 is 2.10 bits per heavy atom. The molecule has 3 unspecified atom stereocenters. The van der Waals surface area contributed by atoms with E-state index < -0.39 is 0 Å². The Hall–Kier alpha value is -0.580.